The van der Waals surface area contributed by atoms with Crippen molar-refractivity contribution < 1.29 is 0 Å². The van der Waals surface area contributed by atoms with Crippen molar-refractivity contribution in [3.05, 3.63) is 0 Å². The summed E-state index contributed by atoms with van der Waals surface area (Å²) in [4.78, 5) is 4.94. The minimum absolute atomic E-state index is 0.444. The summed E-state index contributed by atoms with van der Waals surface area (Å²) in [5, 5.41) is 4.27. The Hall–Kier alpha value is -0.350. The van der Waals surface area contributed by atoms with E-state index in [2.05, 4.69) is 29.0 Å². The van der Waals surface area contributed by atoms with Gasteiger partial charge in [0, 0.05) is 31.7 Å². The van der Waals surface area contributed by atoms with Crippen LogP contribution in [0.2, 0.25) is 0 Å². The van der Waals surface area contributed by atoms with E-state index in [0.29, 0.717) is 6.04 Å². The van der Waals surface area contributed by atoms with E-state index in [-0.39, 0.29) is 0 Å². The van der Waals surface area contributed by atoms with Crippen LogP contribution >= 0.6 is 12.2 Å². The molecule has 0 radical (unpaired) electrons. The van der Waals surface area contributed by atoms with E-state index < -0.39 is 0 Å². The Morgan fingerprint density at radius 2 is 2.13 bits per heavy atom. The first-order chi connectivity index (χ1) is 7.16. The standard InChI is InChI=1S/C11H21N3S/c1-9(2)12-11(15)14-7-6-13-5-3-4-10(13)8-14/h9-10H,3-8H2,1-2H3,(H,12,15). The average molecular weight is 227 g/mol. The summed E-state index contributed by atoms with van der Waals surface area (Å²) in [6.45, 7) is 8.97. The van der Waals surface area contributed by atoms with Gasteiger partial charge in [-0.05, 0) is 45.5 Å². The summed E-state index contributed by atoms with van der Waals surface area (Å²) in [5.41, 5.74) is 0. The van der Waals surface area contributed by atoms with Crippen molar-refractivity contribution in [2.24, 2.45) is 0 Å². The molecule has 0 bridgehead atoms. The van der Waals surface area contributed by atoms with Gasteiger partial charge < -0.3 is 10.2 Å². The molecule has 2 aliphatic rings. The number of hydrogen-bond donors (Lipinski definition) is 1. The SMILES string of the molecule is CC(C)NC(=S)N1CCN2CCCC2C1. The van der Waals surface area contributed by atoms with Gasteiger partial charge in [-0.3, -0.25) is 4.90 Å². The van der Waals surface area contributed by atoms with Crippen LogP contribution in [0.25, 0.3) is 0 Å². The number of nitrogens with zero attached hydrogens (tertiary/aromatic N) is 2. The Labute approximate surface area is 97.8 Å². The van der Waals surface area contributed by atoms with Gasteiger partial charge in [-0.2, -0.15) is 0 Å². The Bertz CT molecular complexity index is 242. The molecule has 0 aromatic carbocycles. The zero-order valence-corrected chi connectivity index (χ0v) is 10.5. The highest BCUT2D eigenvalue weighted by Crippen LogP contribution is 2.21. The molecule has 2 fully saturated rings. The van der Waals surface area contributed by atoms with Crippen molar-refractivity contribution in [3.63, 3.8) is 0 Å². The van der Waals surface area contributed by atoms with Gasteiger partial charge in [-0.15, -0.1) is 0 Å². The fourth-order valence-corrected chi connectivity index (χ4v) is 2.92. The van der Waals surface area contributed by atoms with Crippen LogP contribution in [-0.2, 0) is 0 Å². The van der Waals surface area contributed by atoms with E-state index in [9.17, 15) is 0 Å². The van der Waals surface area contributed by atoms with Crippen molar-refractivity contribution in [2.75, 3.05) is 26.2 Å². The maximum absolute atomic E-state index is 5.41. The second kappa shape index (κ2) is 4.66. The molecule has 1 atom stereocenters. The molecule has 0 saturated carbocycles. The highest BCUT2D eigenvalue weighted by molar-refractivity contribution is 7.80. The molecule has 0 spiro atoms. The summed E-state index contributed by atoms with van der Waals surface area (Å²) >= 11 is 5.41. The molecular formula is C11H21N3S. The zero-order chi connectivity index (χ0) is 10.8. The molecule has 0 amide bonds. The largest absolute Gasteiger partial charge is 0.360 e. The van der Waals surface area contributed by atoms with Gasteiger partial charge in [-0.1, -0.05) is 0 Å². The van der Waals surface area contributed by atoms with Crippen LogP contribution in [0.5, 0.6) is 0 Å². The first kappa shape index (κ1) is 11.1. The van der Waals surface area contributed by atoms with E-state index in [4.69, 9.17) is 12.2 Å². The van der Waals surface area contributed by atoms with Gasteiger partial charge in [0.2, 0.25) is 0 Å². The van der Waals surface area contributed by atoms with Gasteiger partial charge in [0.1, 0.15) is 0 Å². The van der Waals surface area contributed by atoms with E-state index in [1.54, 1.807) is 0 Å². The molecule has 4 heteroatoms. The molecule has 2 rings (SSSR count). The van der Waals surface area contributed by atoms with Crippen LogP contribution in [0.15, 0.2) is 0 Å². The molecule has 0 aliphatic carbocycles. The molecule has 0 aromatic heterocycles. The molecule has 2 aliphatic heterocycles. The van der Waals surface area contributed by atoms with Gasteiger partial charge in [0.05, 0.1) is 0 Å². The molecule has 15 heavy (non-hydrogen) atoms. The molecule has 2 saturated heterocycles. The van der Waals surface area contributed by atoms with E-state index in [1.165, 1.54) is 25.9 Å². The summed E-state index contributed by atoms with van der Waals surface area (Å²) < 4.78 is 0. The molecule has 2 heterocycles. The number of hydrogen-bond acceptors (Lipinski definition) is 2. The topological polar surface area (TPSA) is 18.5 Å². The van der Waals surface area contributed by atoms with Crippen LogP contribution in [-0.4, -0.2) is 53.2 Å². The van der Waals surface area contributed by atoms with Crippen LogP contribution in [0, 0.1) is 0 Å². The van der Waals surface area contributed by atoms with Crippen molar-refractivity contribution in [1.82, 2.24) is 15.1 Å². The minimum atomic E-state index is 0.444. The normalized spacial score (nSPS) is 26.9. The zero-order valence-electron chi connectivity index (χ0n) is 9.70. The maximum atomic E-state index is 5.41. The van der Waals surface area contributed by atoms with E-state index in [1.807, 2.05) is 0 Å². The number of nitrogens with one attached hydrogen (secondary N) is 1. The Balaban J connectivity index is 1.86. The lowest BCUT2D eigenvalue weighted by atomic mass is 10.2. The summed E-state index contributed by atoms with van der Waals surface area (Å²) in [6.07, 6.45) is 2.71. The average Bonchev–Trinajstić information content (AvgIpc) is 2.62. The van der Waals surface area contributed by atoms with Gasteiger partial charge in [0.15, 0.2) is 5.11 Å². The molecular weight excluding hydrogens is 206 g/mol. The number of piperazine rings is 1. The highest BCUT2D eigenvalue weighted by atomic mass is 32.1. The summed E-state index contributed by atoms with van der Waals surface area (Å²) in [7, 11) is 0. The lowest BCUT2D eigenvalue weighted by Crippen LogP contribution is -2.55. The van der Waals surface area contributed by atoms with Crippen molar-refractivity contribution in [3.8, 4) is 0 Å². The molecule has 3 nitrogen and oxygen atoms in total. The lowest BCUT2D eigenvalue weighted by Gasteiger charge is -2.39. The summed E-state index contributed by atoms with van der Waals surface area (Å²) in [5.74, 6) is 0. The fourth-order valence-electron chi connectivity index (χ4n) is 2.51. The van der Waals surface area contributed by atoms with Crippen molar-refractivity contribution >= 4 is 17.3 Å². The summed E-state index contributed by atoms with van der Waals surface area (Å²) in [6, 6.07) is 1.20. The van der Waals surface area contributed by atoms with Crippen molar-refractivity contribution in [1.29, 1.82) is 0 Å². The second-order valence-corrected chi connectivity index (χ2v) is 5.27. The number of fused-ring (bicyclic) bond motifs is 1. The monoisotopic (exact) mass is 227 g/mol. The van der Waals surface area contributed by atoms with Crippen molar-refractivity contribution in [2.45, 2.75) is 38.8 Å². The van der Waals surface area contributed by atoms with Crippen LogP contribution in [0.3, 0.4) is 0 Å². The number of rotatable bonds is 1. The van der Waals surface area contributed by atoms with Gasteiger partial charge in [-0.25, -0.2) is 0 Å². The minimum Gasteiger partial charge on any atom is -0.360 e. The predicted molar refractivity (Wildman–Crippen MR) is 67.0 cm³/mol. The second-order valence-electron chi connectivity index (χ2n) is 4.88. The third-order valence-electron chi connectivity index (χ3n) is 3.29. The number of thiocarbonyl (C=S) groups is 1. The van der Waals surface area contributed by atoms with Gasteiger partial charge in [0.25, 0.3) is 0 Å². The molecule has 86 valence electrons. The maximum Gasteiger partial charge on any atom is 0.169 e. The Kier molecular flexibility index (Phi) is 3.46. The van der Waals surface area contributed by atoms with Gasteiger partial charge >= 0.3 is 0 Å². The van der Waals surface area contributed by atoms with E-state index >= 15 is 0 Å². The van der Waals surface area contributed by atoms with Crippen LogP contribution in [0.4, 0.5) is 0 Å². The highest BCUT2D eigenvalue weighted by Gasteiger charge is 2.31. The Morgan fingerprint density at radius 1 is 1.33 bits per heavy atom. The predicted octanol–water partition coefficient (Wildman–Crippen LogP) is 1.05. The molecule has 1 unspecified atom stereocenters. The smallest absolute Gasteiger partial charge is 0.169 e. The molecule has 1 N–H and O–H groups in total. The Morgan fingerprint density at radius 3 is 2.87 bits per heavy atom. The van der Waals surface area contributed by atoms with E-state index in [0.717, 1.165) is 24.2 Å². The molecule has 0 aromatic rings. The third-order valence-corrected chi connectivity index (χ3v) is 3.66. The van der Waals surface area contributed by atoms with Crippen LogP contribution in [0.1, 0.15) is 26.7 Å². The lowest BCUT2D eigenvalue weighted by molar-refractivity contribution is 0.150. The third kappa shape index (κ3) is 2.61. The first-order valence-electron chi connectivity index (χ1n) is 5.96. The quantitative estimate of drug-likeness (QED) is 0.675. The fraction of sp³-hybridized carbons (Fsp3) is 0.909. The van der Waals surface area contributed by atoms with Crippen LogP contribution < -0.4 is 5.32 Å². The first-order valence-corrected chi connectivity index (χ1v) is 6.37.